The smallest absolute Gasteiger partial charge is 0.312 e. The van der Waals surface area contributed by atoms with Crippen LogP contribution in [0.5, 0.6) is 17.2 Å². The average Bonchev–Trinajstić information content (AvgIpc) is 3.01. The minimum atomic E-state index is -0.319. The molecule has 1 aromatic heterocycles. The molecule has 0 bridgehead atoms. The molecule has 0 aliphatic rings. The van der Waals surface area contributed by atoms with Gasteiger partial charge in [0, 0.05) is 5.56 Å². The summed E-state index contributed by atoms with van der Waals surface area (Å²) in [5.74, 6) is 1.25. The molecule has 0 saturated carbocycles. The average molecular weight is 338 g/mol. The van der Waals surface area contributed by atoms with Crippen LogP contribution in [0.15, 0.2) is 12.1 Å². The molecule has 1 heterocycles. The Hall–Kier alpha value is -2.35. The van der Waals surface area contributed by atoms with E-state index < -0.39 is 0 Å². The number of benzene rings is 1. The highest BCUT2D eigenvalue weighted by molar-refractivity contribution is 7.14. The molecule has 8 heteroatoms. The Kier molecular flexibility index (Phi) is 5.75. The molecule has 2 rings (SSSR count). The molecule has 0 aliphatic carbocycles. The summed E-state index contributed by atoms with van der Waals surface area (Å²) in [6.07, 6.45) is 0.107. The molecule has 2 aromatic rings. The van der Waals surface area contributed by atoms with Gasteiger partial charge in [0.1, 0.15) is 10.0 Å². The number of carbonyl (C=O) groups is 1. The predicted molar refractivity (Wildman–Crippen MR) is 85.3 cm³/mol. The van der Waals surface area contributed by atoms with Crippen LogP contribution >= 0.6 is 11.3 Å². The van der Waals surface area contributed by atoms with Crippen LogP contribution in [0.2, 0.25) is 0 Å². The molecule has 0 unspecified atom stereocenters. The van der Waals surface area contributed by atoms with Gasteiger partial charge in [-0.1, -0.05) is 11.3 Å². The highest BCUT2D eigenvalue weighted by atomic mass is 32.1. The van der Waals surface area contributed by atoms with Crippen LogP contribution in [0.25, 0.3) is 10.6 Å². The van der Waals surface area contributed by atoms with Crippen molar-refractivity contribution < 1.29 is 23.7 Å². The highest BCUT2D eigenvalue weighted by Crippen LogP contribution is 2.41. The Morgan fingerprint density at radius 3 is 2.26 bits per heavy atom. The third kappa shape index (κ3) is 3.89. The summed E-state index contributed by atoms with van der Waals surface area (Å²) in [6, 6.07) is 3.58. The molecular formula is C15H18N2O5S. The fourth-order valence-corrected chi connectivity index (χ4v) is 2.79. The monoisotopic (exact) mass is 338 g/mol. The van der Waals surface area contributed by atoms with E-state index in [1.165, 1.54) is 11.3 Å². The summed E-state index contributed by atoms with van der Waals surface area (Å²) >= 11 is 1.32. The molecule has 0 amide bonds. The molecule has 0 fully saturated rings. The lowest BCUT2D eigenvalue weighted by Crippen LogP contribution is -2.07. The van der Waals surface area contributed by atoms with Gasteiger partial charge in [-0.3, -0.25) is 4.79 Å². The first-order chi connectivity index (χ1) is 11.1. The molecule has 1 aromatic carbocycles. The quantitative estimate of drug-likeness (QED) is 0.717. The van der Waals surface area contributed by atoms with Crippen LogP contribution in [0.4, 0.5) is 0 Å². The summed E-state index contributed by atoms with van der Waals surface area (Å²) in [5.41, 5.74) is 0.770. The van der Waals surface area contributed by atoms with Gasteiger partial charge >= 0.3 is 5.97 Å². The standard InChI is InChI=1S/C15H18N2O5S/c1-5-22-13(18)8-12-16-17-15(23-12)9-6-10(19-2)14(21-4)11(7-9)20-3/h6-7H,5,8H2,1-4H3. The van der Waals surface area contributed by atoms with Crippen molar-refractivity contribution in [2.45, 2.75) is 13.3 Å². The van der Waals surface area contributed by atoms with E-state index >= 15 is 0 Å². The Morgan fingerprint density at radius 1 is 1.09 bits per heavy atom. The minimum Gasteiger partial charge on any atom is -0.493 e. The third-order valence-corrected chi connectivity index (χ3v) is 3.95. The van der Waals surface area contributed by atoms with Gasteiger partial charge in [-0.25, -0.2) is 0 Å². The van der Waals surface area contributed by atoms with Crippen molar-refractivity contribution >= 4 is 17.3 Å². The number of nitrogens with zero attached hydrogens (tertiary/aromatic N) is 2. The van der Waals surface area contributed by atoms with E-state index in [9.17, 15) is 4.79 Å². The number of ether oxygens (including phenoxy) is 4. The molecule has 0 radical (unpaired) electrons. The first kappa shape index (κ1) is 17.0. The minimum absolute atomic E-state index is 0.107. The van der Waals surface area contributed by atoms with Gasteiger partial charge < -0.3 is 18.9 Å². The summed E-state index contributed by atoms with van der Waals surface area (Å²) in [7, 11) is 4.64. The Labute approximate surface area is 138 Å². The number of hydrogen-bond donors (Lipinski definition) is 0. The lowest BCUT2D eigenvalue weighted by atomic mass is 10.2. The van der Waals surface area contributed by atoms with Crippen molar-refractivity contribution in [3.8, 4) is 27.8 Å². The maximum atomic E-state index is 11.5. The summed E-state index contributed by atoms with van der Waals surface area (Å²) in [4.78, 5) is 11.5. The van der Waals surface area contributed by atoms with E-state index in [0.29, 0.717) is 33.9 Å². The number of rotatable bonds is 7. The van der Waals surface area contributed by atoms with E-state index in [1.54, 1.807) is 40.4 Å². The van der Waals surface area contributed by atoms with E-state index in [1.807, 2.05) is 0 Å². The Bertz CT molecular complexity index is 661. The second-order valence-corrected chi connectivity index (χ2v) is 5.46. The number of esters is 1. The van der Waals surface area contributed by atoms with E-state index in [-0.39, 0.29) is 12.4 Å². The first-order valence-electron chi connectivity index (χ1n) is 6.91. The summed E-state index contributed by atoms with van der Waals surface area (Å²) in [5, 5.41) is 9.38. The molecule has 0 N–H and O–H groups in total. The number of methoxy groups -OCH3 is 3. The molecular weight excluding hydrogens is 320 g/mol. The lowest BCUT2D eigenvalue weighted by Gasteiger charge is -2.13. The van der Waals surface area contributed by atoms with Gasteiger partial charge in [0.2, 0.25) is 5.75 Å². The zero-order valence-corrected chi connectivity index (χ0v) is 14.2. The van der Waals surface area contributed by atoms with Crippen LogP contribution in [-0.2, 0) is 16.0 Å². The van der Waals surface area contributed by atoms with Crippen LogP contribution < -0.4 is 14.2 Å². The maximum absolute atomic E-state index is 11.5. The van der Waals surface area contributed by atoms with Gasteiger partial charge in [0.05, 0.1) is 34.4 Å². The van der Waals surface area contributed by atoms with Gasteiger partial charge in [-0.15, -0.1) is 10.2 Å². The van der Waals surface area contributed by atoms with Crippen LogP contribution in [0.3, 0.4) is 0 Å². The van der Waals surface area contributed by atoms with Gasteiger partial charge in [0.15, 0.2) is 11.5 Å². The van der Waals surface area contributed by atoms with E-state index in [2.05, 4.69) is 10.2 Å². The van der Waals surface area contributed by atoms with Crippen LogP contribution in [0.1, 0.15) is 11.9 Å². The first-order valence-corrected chi connectivity index (χ1v) is 7.72. The molecule has 0 atom stereocenters. The van der Waals surface area contributed by atoms with Gasteiger partial charge in [-0.2, -0.15) is 0 Å². The molecule has 0 saturated heterocycles. The predicted octanol–water partition coefficient (Wildman–Crippen LogP) is 2.34. The summed E-state index contributed by atoms with van der Waals surface area (Å²) in [6.45, 7) is 2.11. The fraction of sp³-hybridized carbons (Fsp3) is 0.400. The highest BCUT2D eigenvalue weighted by Gasteiger charge is 2.17. The van der Waals surface area contributed by atoms with Crippen LogP contribution in [-0.4, -0.2) is 44.1 Å². The SMILES string of the molecule is CCOC(=O)Cc1nnc(-c2cc(OC)c(OC)c(OC)c2)s1. The largest absolute Gasteiger partial charge is 0.493 e. The number of aromatic nitrogens is 2. The van der Waals surface area contributed by atoms with Crippen molar-refractivity contribution in [2.24, 2.45) is 0 Å². The normalized spacial score (nSPS) is 10.3. The van der Waals surface area contributed by atoms with Gasteiger partial charge in [-0.05, 0) is 19.1 Å². The molecule has 0 aliphatic heterocycles. The molecule has 0 spiro atoms. The molecule has 124 valence electrons. The number of hydrogen-bond acceptors (Lipinski definition) is 8. The van der Waals surface area contributed by atoms with Crippen molar-refractivity contribution in [3.05, 3.63) is 17.1 Å². The van der Waals surface area contributed by atoms with Crippen molar-refractivity contribution in [1.82, 2.24) is 10.2 Å². The second kappa shape index (κ2) is 7.77. The zero-order valence-electron chi connectivity index (χ0n) is 13.4. The maximum Gasteiger partial charge on any atom is 0.312 e. The lowest BCUT2D eigenvalue weighted by molar-refractivity contribution is -0.142. The van der Waals surface area contributed by atoms with Crippen molar-refractivity contribution in [2.75, 3.05) is 27.9 Å². The molecule has 7 nitrogen and oxygen atoms in total. The van der Waals surface area contributed by atoms with Crippen LogP contribution in [0, 0.1) is 0 Å². The fourth-order valence-electron chi connectivity index (χ4n) is 1.98. The zero-order chi connectivity index (χ0) is 16.8. The van der Waals surface area contributed by atoms with Crippen molar-refractivity contribution in [1.29, 1.82) is 0 Å². The van der Waals surface area contributed by atoms with E-state index in [4.69, 9.17) is 18.9 Å². The third-order valence-electron chi connectivity index (χ3n) is 2.98. The number of carbonyl (C=O) groups excluding carboxylic acids is 1. The summed E-state index contributed by atoms with van der Waals surface area (Å²) < 4.78 is 20.8. The topological polar surface area (TPSA) is 79.8 Å². The van der Waals surface area contributed by atoms with Crippen molar-refractivity contribution in [3.63, 3.8) is 0 Å². The van der Waals surface area contributed by atoms with E-state index in [0.717, 1.165) is 5.56 Å². The Balaban J connectivity index is 2.31. The molecule has 23 heavy (non-hydrogen) atoms. The second-order valence-electron chi connectivity index (χ2n) is 4.40. The van der Waals surface area contributed by atoms with Gasteiger partial charge in [0.25, 0.3) is 0 Å². The Morgan fingerprint density at radius 2 is 1.74 bits per heavy atom.